The van der Waals surface area contributed by atoms with Crippen LogP contribution in [0.2, 0.25) is 0 Å². The molecule has 3 nitrogen and oxygen atoms in total. The smallest absolute Gasteiger partial charge is 0.251 e. The number of carbonyl (C=O) groups is 2. The number of halogens is 1. The molecule has 5 heteroatoms. The van der Waals surface area contributed by atoms with Gasteiger partial charge < -0.3 is 5.32 Å². The molecule has 1 aromatic carbocycles. The summed E-state index contributed by atoms with van der Waals surface area (Å²) >= 11 is 4.74. The first-order valence-corrected chi connectivity index (χ1v) is 7.47. The molecule has 1 aromatic heterocycles. The standard InChI is InChI=1S/C14H10BrNO2S/c15-12-4-3-11(19-12)13(17)9-2-1-8-5-6-16-14(18)10(8)7-9/h1-4,7H,5-6H2,(H,16,18). The molecular weight excluding hydrogens is 326 g/mol. The zero-order valence-corrected chi connectivity index (χ0v) is 12.3. The van der Waals surface area contributed by atoms with Gasteiger partial charge in [0.2, 0.25) is 5.78 Å². The van der Waals surface area contributed by atoms with E-state index in [2.05, 4.69) is 21.2 Å². The van der Waals surface area contributed by atoms with Crippen LogP contribution in [0.4, 0.5) is 0 Å². The van der Waals surface area contributed by atoms with Crippen LogP contribution in [-0.4, -0.2) is 18.2 Å². The highest BCUT2D eigenvalue weighted by Crippen LogP contribution is 2.25. The van der Waals surface area contributed by atoms with Crippen LogP contribution in [0.5, 0.6) is 0 Å². The van der Waals surface area contributed by atoms with Crippen LogP contribution in [0.3, 0.4) is 0 Å². The van der Waals surface area contributed by atoms with E-state index in [1.807, 2.05) is 12.1 Å². The van der Waals surface area contributed by atoms with Crippen LogP contribution < -0.4 is 5.32 Å². The van der Waals surface area contributed by atoms with Gasteiger partial charge in [-0.1, -0.05) is 12.1 Å². The summed E-state index contributed by atoms with van der Waals surface area (Å²) in [5.41, 5.74) is 2.19. The van der Waals surface area contributed by atoms with Crippen LogP contribution in [0.15, 0.2) is 34.1 Å². The maximum atomic E-state index is 12.3. The lowest BCUT2D eigenvalue weighted by Gasteiger charge is -2.16. The Labute approximate surface area is 122 Å². The van der Waals surface area contributed by atoms with Crippen LogP contribution in [0.25, 0.3) is 0 Å². The van der Waals surface area contributed by atoms with E-state index >= 15 is 0 Å². The second kappa shape index (κ2) is 4.90. The Balaban J connectivity index is 2.00. The molecule has 0 saturated carbocycles. The van der Waals surface area contributed by atoms with Gasteiger partial charge >= 0.3 is 0 Å². The van der Waals surface area contributed by atoms with E-state index in [-0.39, 0.29) is 11.7 Å². The van der Waals surface area contributed by atoms with Crippen molar-refractivity contribution in [2.24, 2.45) is 0 Å². The van der Waals surface area contributed by atoms with Crippen LogP contribution in [-0.2, 0) is 6.42 Å². The molecule has 1 aliphatic heterocycles. The first-order chi connectivity index (χ1) is 9.15. The Morgan fingerprint density at radius 3 is 2.84 bits per heavy atom. The normalized spacial score (nSPS) is 13.8. The highest BCUT2D eigenvalue weighted by Gasteiger charge is 2.19. The summed E-state index contributed by atoms with van der Waals surface area (Å²) in [6.07, 6.45) is 0.820. The SMILES string of the molecule is O=C(c1ccc2c(c1)C(=O)NCC2)c1ccc(Br)s1. The number of carbonyl (C=O) groups excluding carboxylic acids is 2. The average molecular weight is 336 g/mol. The molecule has 0 bridgehead atoms. The molecule has 96 valence electrons. The number of nitrogens with one attached hydrogen (secondary N) is 1. The number of amides is 1. The summed E-state index contributed by atoms with van der Waals surface area (Å²) in [4.78, 5) is 24.8. The highest BCUT2D eigenvalue weighted by atomic mass is 79.9. The predicted octanol–water partition coefficient (Wildman–Crippen LogP) is 3.03. The fourth-order valence-electron chi connectivity index (χ4n) is 2.13. The molecule has 0 unspecified atom stereocenters. The second-order valence-corrected chi connectivity index (χ2v) is 6.77. The first kappa shape index (κ1) is 12.6. The Bertz CT molecular complexity index is 678. The van der Waals surface area contributed by atoms with Gasteiger partial charge in [0.15, 0.2) is 0 Å². The Morgan fingerprint density at radius 2 is 2.11 bits per heavy atom. The lowest BCUT2D eigenvalue weighted by Crippen LogP contribution is -2.32. The lowest BCUT2D eigenvalue weighted by atomic mass is 9.96. The molecule has 1 amide bonds. The maximum absolute atomic E-state index is 12.3. The third-order valence-corrected chi connectivity index (χ3v) is 4.72. The molecule has 2 aromatic rings. The van der Waals surface area contributed by atoms with Gasteiger partial charge in [-0.05, 0) is 46.1 Å². The lowest BCUT2D eigenvalue weighted by molar-refractivity contribution is 0.0946. The Hall–Kier alpha value is -1.46. The number of ketones is 1. The number of hydrogen-bond acceptors (Lipinski definition) is 3. The fourth-order valence-corrected chi connectivity index (χ4v) is 3.48. The van der Waals surface area contributed by atoms with Gasteiger partial charge in [-0.3, -0.25) is 9.59 Å². The van der Waals surface area contributed by atoms with E-state index in [1.165, 1.54) is 11.3 Å². The number of rotatable bonds is 2. The van der Waals surface area contributed by atoms with Gasteiger partial charge in [0, 0.05) is 17.7 Å². The molecular formula is C14H10BrNO2S. The minimum Gasteiger partial charge on any atom is -0.352 e. The molecule has 0 aliphatic carbocycles. The number of benzene rings is 1. The number of fused-ring (bicyclic) bond motifs is 1. The van der Waals surface area contributed by atoms with Crippen molar-refractivity contribution in [3.8, 4) is 0 Å². The molecule has 0 spiro atoms. The van der Waals surface area contributed by atoms with Crippen LogP contribution in [0.1, 0.15) is 31.2 Å². The molecule has 2 heterocycles. The summed E-state index contributed by atoms with van der Waals surface area (Å²) in [7, 11) is 0. The molecule has 1 aliphatic rings. The van der Waals surface area contributed by atoms with Crippen LogP contribution >= 0.6 is 27.3 Å². The molecule has 0 fully saturated rings. The molecule has 0 radical (unpaired) electrons. The minimum absolute atomic E-state index is 0.0446. The van der Waals surface area contributed by atoms with E-state index in [0.29, 0.717) is 22.5 Å². The summed E-state index contributed by atoms with van der Waals surface area (Å²) in [6, 6.07) is 9.01. The Kier molecular flexibility index (Phi) is 3.24. The van der Waals surface area contributed by atoms with Crippen molar-refractivity contribution in [1.82, 2.24) is 5.32 Å². The number of hydrogen-bond donors (Lipinski definition) is 1. The van der Waals surface area contributed by atoms with Gasteiger partial charge in [-0.15, -0.1) is 11.3 Å². The predicted molar refractivity (Wildman–Crippen MR) is 77.9 cm³/mol. The summed E-state index contributed by atoms with van der Waals surface area (Å²) < 4.78 is 0.923. The van der Waals surface area contributed by atoms with Crippen LogP contribution in [0, 0.1) is 0 Å². The van der Waals surface area contributed by atoms with Gasteiger partial charge in [-0.25, -0.2) is 0 Å². The molecule has 0 atom stereocenters. The van der Waals surface area contributed by atoms with E-state index in [9.17, 15) is 9.59 Å². The second-order valence-electron chi connectivity index (χ2n) is 4.31. The Morgan fingerprint density at radius 1 is 1.26 bits per heavy atom. The zero-order valence-electron chi connectivity index (χ0n) is 9.90. The minimum atomic E-state index is -0.0942. The molecule has 0 saturated heterocycles. The summed E-state index contributed by atoms with van der Waals surface area (Å²) in [5.74, 6) is -0.139. The molecule has 3 rings (SSSR count). The molecule has 19 heavy (non-hydrogen) atoms. The van der Waals surface area contributed by atoms with Gasteiger partial charge in [0.1, 0.15) is 0 Å². The third kappa shape index (κ3) is 2.35. The monoisotopic (exact) mass is 335 g/mol. The summed E-state index contributed by atoms with van der Waals surface area (Å²) in [5, 5.41) is 2.79. The first-order valence-electron chi connectivity index (χ1n) is 5.86. The van der Waals surface area contributed by atoms with E-state index in [1.54, 1.807) is 18.2 Å². The fraction of sp³-hybridized carbons (Fsp3) is 0.143. The average Bonchev–Trinajstić information content (AvgIpc) is 2.85. The quantitative estimate of drug-likeness (QED) is 0.857. The topological polar surface area (TPSA) is 46.2 Å². The zero-order chi connectivity index (χ0) is 13.4. The van der Waals surface area contributed by atoms with E-state index < -0.39 is 0 Å². The van der Waals surface area contributed by atoms with Gasteiger partial charge in [0.25, 0.3) is 5.91 Å². The van der Waals surface area contributed by atoms with Gasteiger partial charge in [-0.2, -0.15) is 0 Å². The van der Waals surface area contributed by atoms with E-state index in [4.69, 9.17) is 0 Å². The van der Waals surface area contributed by atoms with Crippen molar-refractivity contribution in [3.05, 3.63) is 55.7 Å². The van der Waals surface area contributed by atoms with Crippen molar-refractivity contribution in [1.29, 1.82) is 0 Å². The van der Waals surface area contributed by atoms with E-state index in [0.717, 1.165) is 15.8 Å². The van der Waals surface area contributed by atoms with Crippen molar-refractivity contribution >= 4 is 39.0 Å². The molecule has 1 N–H and O–H groups in total. The highest BCUT2D eigenvalue weighted by molar-refractivity contribution is 9.11. The van der Waals surface area contributed by atoms with Crippen molar-refractivity contribution in [3.63, 3.8) is 0 Å². The van der Waals surface area contributed by atoms with Crippen molar-refractivity contribution in [2.45, 2.75) is 6.42 Å². The van der Waals surface area contributed by atoms with Crippen molar-refractivity contribution in [2.75, 3.05) is 6.54 Å². The largest absolute Gasteiger partial charge is 0.352 e. The summed E-state index contributed by atoms with van der Waals surface area (Å²) in [6.45, 7) is 0.664. The van der Waals surface area contributed by atoms with Crippen molar-refractivity contribution < 1.29 is 9.59 Å². The number of thiophene rings is 1. The third-order valence-electron chi connectivity index (χ3n) is 3.09. The maximum Gasteiger partial charge on any atom is 0.251 e. The van der Waals surface area contributed by atoms with Gasteiger partial charge in [0.05, 0.1) is 8.66 Å².